The van der Waals surface area contributed by atoms with Crippen molar-refractivity contribution in [2.75, 3.05) is 6.61 Å². The fourth-order valence-electron chi connectivity index (χ4n) is 2.20. The van der Waals surface area contributed by atoms with E-state index in [1.165, 1.54) is 0 Å². The van der Waals surface area contributed by atoms with Crippen molar-refractivity contribution in [3.8, 4) is 11.5 Å². The summed E-state index contributed by atoms with van der Waals surface area (Å²) in [6, 6.07) is 7.34. The van der Waals surface area contributed by atoms with E-state index >= 15 is 0 Å². The SMILES string of the molecule is CCc1cc(COc2ccc3c(c2)OCC3=O)n(C)n1. The highest BCUT2D eigenvalue weighted by Gasteiger charge is 2.21. The summed E-state index contributed by atoms with van der Waals surface area (Å²) in [7, 11) is 1.91. The summed E-state index contributed by atoms with van der Waals surface area (Å²) in [5, 5.41) is 4.38. The molecule has 0 fully saturated rings. The van der Waals surface area contributed by atoms with E-state index in [0.29, 0.717) is 23.7 Å². The summed E-state index contributed by atoms with van der Waals surface area (Å²) < 4.78 is 12.9. The Labute approximate surface area is 117 Å². The molecule has 0 radical (unpaired) electrons. The lowest BCUT2D eigenvalue weighted by molar-refractivity contribution is 0.0961. The second-order valence-electron chi connectivity index (χ2n) is 4.76. The minimum atomic E-state index is 0.0192. The molecule has 5 nitrogen and oxygen atoms in total. The number of fused-ring (bicyclic) bond motifs is 1. The summed E-state index contributed by atoms with van der Waals surface area (Å²) in [5.74, 6) is 1.32. The zero-order valence-electron chi connectivity index (χ0n) is 11.5. The first-order valence-electron chi connectivity index (χ1n) is 6.62. The van der Waals surface area contributed by atoms with Crippen LogP contribution in [0.4, 0.5) is 0 Å². The van der Waals surface area contributed by atoms with Gasteiger partial charge in [-0.05, 0) is 24.6 Å². The van der Waals surface area contributed by atoms with Gasteiger partial charge < -0.3 is 9.47 Å². The minimum Gasteiger partial charge on any atom is -0.487 e. The monoisotopic (exact) mass is 272 g/mol. The van der Waals surface area contributed by atoms with Crippen LogP contribution in [0.1, 0.15) is 28.7 Å². The van der Waals surface area contributed by atoms with E-state index in [2.05, 4.69) is 12.0 Å². The Bertz CT molecular complexity index is 661. The molecule has 1 aliphatic heterocycles. The molecule has 1 aromatic heterocycles. The van der Waals surface area contributed by atoms with Gasteiger partial charge in [-0.3, -0.25) is 9.48 Å². The van der Waals surface area contributed by atoms with Crippen molar-refractivity contribution in [3.63, 3.8) is 0 Å². The Morgan fingerprint density at radius 3 is 3.00 bits per heavy atom. The smallest absolute Gasteiger partial charge is 0.203 e. The zero-order valence-corrected chi connectivity index (χ0v) is 11.5. The molecule has 2 heterocycles. The molecule has 3 rings (SSSR count). The first-order valence-corrected chi connectivity index (χ1v) is 6.62. The van der Waals surface area contributed by atoms with E-state index in [9.17, 15) is 4.79 Å². The average molecular weight is 272 g/mol. The molecule has 0 saturated heterocycles. The molecule has 20 heavy (non-hydrogen) atoms. The Hall–Kier alpha value is -2.30. The van der Waals surface area contributed by atoms with Crippen LogP contribution >= 0.6 is 0 Å². The van der Waals surface area contributed by atoms with Gasteiger partial charge in [0, 0.05) is 13.1 Å². The molecule has 5 heteroatoms. The van der Waals surface area contributed by atoms with Crippen molar-refractivity contribution in [1.29, 1.82) is 0 Å². The number of ether oxygens (including phenoxy) is 2. The number of carbonyl (C=O) groups is 1. The van der Waals surface area contributed by atoms with E-state index in [-0.39, 0.29) is 12.4 Å². The number of rotatable bonds is 4. The van der Waals surface area contributed by atoms with E-state index in [1.54, 1.807) is 18.2 Å². The van der Waals surface area contributed by atoms with Crippen LogP contribution in [0.3, 0.4) is 0 Å². The summed E-state index contributed by atoms with van der Waals surface area (Å²) in [6.07, 6.45) is 0.905. The summed E-state index contributed by atoms with van der Waals surface area (Å²) in [5.41, 5.74) is 2.69. The second kappa shape index (κ2) is 5.00. The van der Waals surface area contributed by atoms with Crippen molar-refractivity contribution < 1.29 is 14.3 Å². The maximum absolute atomic E-state index is 11.5. The third-order valence-corrected chi connectivity index (χ3v) is 3.39. The molecule has 0 saturated carbocycles. The van der Waals surface area contributed by atoms with Crippen LogP contribution in [-0.4, -0.2) is 22.2 Å². The summed E-state index contributed by atoms with van der Waals surface area (Å²) in [4.78, 5) is 11.5. The van der Waals surface area contributed by atoms with Crippen molar-refractivity contribution in [2.45, 2.75) is 20.0 Å². The highest BCUT2D eigenvalue weighted by Crippen LogP contribution is 2.29. The van der Waals surface area contributed by atoms with E-state index in [0.717, 1.165) is 17.8 Å². The highest BCUT2D eigenvalue weighted by atomic mass is 16.5. The van der Waals surface area contributed by atoms with Gasteiger partial charge in [0.25, 0.3) is 0 Å². The third kappa shape index (κ3) is 2.27. The Balaban J connectivity index is 1.72. The number of benzene rings is 1. The number of hydrogen-bond acceptors (Lipinski definition) is 4. The van der Waals surface area contributed by atoms with Gasteiger partial charge in [-0.2, -0.15) is 5.10 Å². The van der Waals surface area contributed by atoms with Gasteiger partial charge in [0.1, 0.15) is 18.1 Å². The third-order valence-electron chi connectivity index (χ3n) is 3.39. The van der Waals surface area contributed by atoms with E-state index < -0.39 is 0 Å². The van der Waals surface area contributed by atoms with Gasteiger partial charge in [-0.15, -0.1) is 0 Å². The van der Waals surface area contributed by atoms with Crippen LogP contribution < -0.4 is 9.47 Å². The molecule has 104 valence electrons. The van der Waals surface area contributed by atoms with Crippen molar-refractivity contribution >= 4 is 5.78 Å². The molecule has 1 aromatic carbocycles. The summed E-state index contributed by atoms with van der Waals surface area (Å²) in [6.45, 7) is 2.64. The van der Waals surface area contributed by atoms with Crippen LogP contribution in [0.15, 0.2) is 24.3 Å². The minimum absolute atomic E-state index is 0.0192. The van der Waals surface area contributed by atoms with Gasteiger partial charge in [0.15, 0.2) is 6.61 Å². The molecule has 0 bridgehead atoms. The molecule has 2 aromatic rings. The number of hydrogen-bond donors (Lipinski definition) is 0. The number of carbonyl (C=O) groups excluding carboxylic acids is 1. The lowest BCUT2D eigenvalue weighted by Crippen LogP contribution is -2.03. The quantitative estimate of drug-likeness (QED) is 0.855. The largest absolute Gasteiger partial charge is 0.487 e. The fraction of sp³-hybridized carbons (Fsp3) is 0.333. The number of aryl methyl sites for hydroxylation is 2. The lowest BCUT2D eigenvalue weighted by atomic mass is 10.1. The molecule has 0 aliphatic carbocycles. The normalized spacial score (nSPS) is 13.2. The van der Waals surface area contributed by atoms with Crippen LogP contribution in [0.25, 0.3) is 0 Å². The molecule has 0 unspecified atom stereocenters. The van der Waals surface area contributed by atoms with E-state index in [1.807, 2.05) is 17.8 Å². The predicted molar refractivity (Wildman–Crippen MR) is 73.2 cm³/mol. The molecule has 0 atom stereocenters. The number of aromatic nitrogens is 2. The van der Waals surface area contributed by atoms with Gasteiger partial charge in [0.05, 0.1) is 17.0 Å². The maximum Gasteiger partial charge on any atom is 0.203 e. The van der Waals surface area contributed by atoms with Crippen LogP contribution in [0.5, 0.6) is 11.5 Å². The Kier molecular flexibility index (Phi) is 3.18. The van der Waals surface area contributed by atoms with E-state index in [4.69, 9.17) is 9.47 Å². The zero-order chi connectivity index (χ0) is 14.1. The van der Waals surface area contributed by atoms with Crippen LogP contribution in [-0.2, 0) is 20.1 Å². The molecule has 0 N–H and O–H groups in total. The van der Waals surface area contributed by atoms with Gasteiger partial charge in [-0.25, -0.2) is 0 Å². The topological polar surface area (TPSA) is 53.4 Å². The molecular weight excluding hydrogens is 256 g/mol. The van der Waals surface area contributed by atoms with Crippen molar-refractivity contribution in [3.05, 3.63) is 41.2 Å². The maximum atomic E-state index is 11.5. The average Bonchev–Trinajstić information content (AvgIpc) is 3.00. The molecule has 1 aliphatic rings. The van der Waals surface area contributed by atoms with Crippen molar-refractivity contribution in [2.24, 2.45) is 7.05 Å². The summed E-state index contributed by atoms with van der Waals surface area (Å²) >= 11 is 0. The van der Waals surface area contributed by atoms with Gasteiger partial charge in [0.2, 0.25) is 5.78 Å². The molecular formula is C15H16N2O3. The Morgan fingerprint density at radius 1 is 1.40 bits per heavy atom. The Morgan fingerprint density at radius 2 is 2.25 bits per heavy atom. The van der Waals surface area contributed by atoms with Gasteiger partial charge >= 0.3 is 0 Å². The van der Waals surface area contributed by atoms with Gasteiger partial charge in [-0.1, -0.05) is 6.92 Å². The fourth-order valence-corrected chi connectivity index (χ4v) is 2.20. The number of nitrogens with zero attached hydrogens (tertiary/aromatic N) is 2. The molecule has 0 spiro atoms. The van der Waals surface area contributed by atoms with Crippen molar-refractivity contribution in [1.82, 2.24) is 9.78 Å². The predicted octanol–water partition coefficient (Wildman–Crippen LogP) is 2.14. The van der Waals surface area contributed by atoms with Crippen LogP contribution in [0.2, 0.25) is 0 Å². The highest BCUT2D eigenvalue weighted by molar-refractivity contribution is 6.02. The lowest BCUT2D eigenvalue weighted by Gasteiger charge is -2.07. The second-order valence-corrected chi connectivity index (χ2v) is 4.76. The first-order chi connectivity index (χ1) is 9.67. The molecule has 0 amide bonds. The number of Topliss-reactive ketones (excluding diaryl/α,β-unsaturated/α-hetero) is 1. The standard InChI is InChI=1S/C15H16N2O3/c1-3-10-6-11(17(2)16-10)8-19-12-4-5-13-14(18)9-20-15(13)7-12/h4-7H,3,8-9H2,1-2H3. The number of ketones is 1. The first kappa shape index (κ1) is 12.7. The van der Waals surface area contributed by atoms with Crippen LogP contribution in [0, 0.1) is 0 Å².